The van der Waals surface area contributed by atoms with Crippen LogP contribution in [0.1, 0.15) is 24.2 Å². The second-order valence-electron chi connectivity index (χ2n) is 6.40. The summed E-state index contributed by atoms with van der Waals surface area (Å²) in [6, 6.07) is 15.2. The van der Waals surface area contributed by atoms with Gasteiger partial charge in [0.1, 0.15) is 12.4 Å². The number of ether oxygens (including phenoxy) is 1. The molecule has 4 aromatic rings. The van der Waals surface area contributed by atoms with Crippen LogP contribution in [0.15, 0.2) is 59.5 Å². The van der Waals surface area contributed by atoms with Gasteiger partial charge in [-0.2, -0.15) is 0 Å². The second-order valence-corrected chi connectivity index (χ2v) is 6.40. The molecule has 2 aromatic heterocycles. The summed E-state index contributed by atoms with van der Waals surface area (Å²) in [6.45, 7) is -0.0357. The van der Waals surface area contributed by atoms with E-state index in [9.17, 15) is 9.59 Å². The van der Waals surface area contributed by atoms with E-state index in [1.807, 2.05) is 30.5 Å². The molecule has 2 N–H and O–H groups in total. The van der Waals surface area contributed by atoms with Crippen LogP contribution in [0.3, 0.4) is 0 Å². The Kier molecular flexibility index (Phi) is 4.70. The Bertz CT molecular complexity index is 1160. The third kappa shape index (κ3) is 3.74. The second kappa shape index (κ2) is 7.45. The summed E-state index contributed by atoms with van der Waals surface area (Å²) in [5, 5.41) is 1.70. The van der Waals surface area contributed by atoms with Crippen LogP contribution >= 0.6 is 0 Å². The molecular formula is C21H19N3O3. The van der Waals surface area contributed by atoms with Crippen LogP contribution in [0.4, 0.5) is 0 Å². The Balaban J connectivity index is 1.32. The number of aromatic amines is 2. The Morgan fingerprint density at radius 2 is 1.81 bits per heavy atom. The minimum absolute atomic E-state index is 0.0357. The molecule has 2 aromatic carbocycles. The maximum atomic E-state index is 12.0. The van der Waals surface area contributed by atoms with Gasteiger partial charge in [0.05, 0.1) is 10.9 Å². The summed E-state index contributed by atoms with van der Waals surface area (Å²) in [5.74, 6) is 0.0503. The molecule has 0 aliphatic heterocycles. The quantitative estimate of drug-likeness (QED) is 0.515. The normalized spacial score (nSPS) is 11.1. The molecule has 0 amide bonds. The van der Waals surface area contributed by atoms with Gasteiger partial charge in [-0.1, -0.05) is 30.3 Å². The van der Waals surface area contributed by atoms with Crippen molar-refractivity contribution in [3.05, 3.63) is 76.5 Å². The lowest BCUT2D eigenvalue weighted by molar-refractivity contribution is -0.145. The van der Waals surface area contributed by atoms with Gasteiger partial charge in [-0.15, -0.1) is 0 Å². The Hall–Kier alpha value is -3.41. The number of fused-ring (bicyclic) bond motifs is 2. The highest BCUT2D eigenvalue weighted by atomic mass is 16.5. The first kappa shape index (κ1) is 17.0. The standard InChI is InChI=1S/C21H19N3O3/c25-20(11-5-6-14-12-22-17-9-3-1-7-15(14)17)27-13-19-23-18-10-4-2-8-16(18)21(26)24-19/h1-4,7-10,12,22H,5-6,11,13H2,(H,23,24,26). The lowest BCUT2D eigenvalue weighted by atomic mass is 10.1. The number of aryl methyl sites for hydroxylation is 1. The molecule has 0 saturated heterocycles. The zero-order valence-corrected chi connectivity index (χ0v) is 14.7. The number of nitrogens with zero attached hydrogens (tertiary/aromatic N) is 1. The molecule has 0 aliphatic rings. The first-order chi connectivity index (χ1) is 13.2. The van der Waals surface area contributed by atoms with Crippen molar-refractivity contribution < 1.29 is 9.53 Å². The van der Waals surface area contributed by atoms with Gasteiger partial charge in [0.25, 0.3) is 5.56 Å². The van der Waals surface area contributed by atoms with Crippen molar-refractivity contribution in [2.75, 3.05) is 0 Å². The van der Waals surface area contributed by atoms with Crippen molar-refractivity contribution >= 4 is 27.8 Å². The van der Waals surface area contributed by atoms with Gasteiger partial charge in [0.2, 0.25) is 0 Å². The molecule has 2 heterocycles. The van der Waals surface area contributed by atoms with Crippen molar-refractivity contribution in [2.24, 2.45) is 0 Å². The Morgan fingerprint density at radius 3 is 2.70 bits per heavy atom. The summed E-state index contributed by atoms with van der Waals surface area (Å²) in [5.41, 5.74) is 2.65. The van der Waals surface area contributed by atoms with Gasteiger partial charge in [0, 0.05) is 23.5 Å². The first-order valence-corrected chi connectivity index (χ1v) is 8.89. The third-order valence-corrected chi connectivity index (χ3v) is 4.53. The smallest absolute Gasteiger partial charge is 0.306 e. The zero-order valence-electron chi connectivity index (χ0n) is 14.7. The van der Waals surface area contributed by atoms with Crippen molar-refractivity contribution in [2.45, 2.75) is 25.9 Å². The number of H-pyrrole nitrogens is 2. The molecule has 0 fully saturated rings. The number of hydrogen-bond donors (Lipinski definition) is 2. The van der Waals surface area contributed by atoms with E-state index in [0.29, 0.717) is 29.6 Å². The molecule has 4 rings (SSSR count). The summed E-state index contributed by atoms with van der Waals surface area (Å²) < 4.78 is 5.26. The Labute approximate surface area is 155 Å². The van der Waals surface area contributed by atoms with Gasteiger partial charge >= 0.3 is 5.97 Å². The van der Waals surface area contributed by atoms with E-state index in [-0.39, 0.29) is 18.1 Å². The van der Waals surface area contributed by atoms with Crippen LogP contribution in [0.25, 0.3) is 21.8 Å². The highest BCUT2D eigenvalue weighted by molar-refractivity contribution is 5.83. The van der Waals surface area contributed by atoms with E-state index >= 15 is 0 Å². The molecule has 136 valence electrons. The van der Waals surface area contributed by atoms with Crippen molar-refractivity contribution in [1.82, 2.24) is 15.0 Å². The van der Waals surface area contributed by atoms with Crippen LogP contribution < -0.4 is 5.56 Å². The van der Waals surface area contributed by atoms with E-state index in [1.165, 1.54) is 10.9 Å². The molecule has 6 nitrogen and oxygen atoms in total. The first-order valence-electron chi connectivity index (χ1n) is 8.89. The topological polar surface area (TPSA) is 87.8 Å². The highest BCUT2D eigenvalue weighted by Crippen LogP contribution is 2.19. The molecule has 6 heteroatoms. The van der Waals surface area contributed by atoms with Crippen LogP contribution in [-0.2, 0) is 22.6 Å². The fraction of sp³-hybridized carbons (Fsp3) is 0.190. The SMILES string of the molecule is O=C(CCCc1c[nH]c2ccccc12)OCc1nc2ccccc2c(=O)[nH]1. The minimum atomic E-state index is -0.300. The van der Waals surface area contributed by atoms with Crippen LogP contribution in [0, 0.1) is 0 Å². The lowest BCUT2D eigenvalue weighted by Gasteiger charge is -2.05. The monoisotopic (exact) mass is 361 g/mol. The predicted octanol–water partition coefficient (Wildman–Crippen LogP) is 3.47. The third-order valence-electron chi connectivity index (χ3n) is 4.53. The predicted molar refractivity (Wildman–Crippen MR) is 103 cm³/mol. The van der Waals surface area contributed by atoms with E-state index in [4.69, 9.17) is 4.74 Å². The maximum Gasteiger partial charge on any atom is 0.306 e. The molecule has 0 unspecified atom stereocenters. The van der Waals surface area contributed by atoms with Gasteiger partial charge in [-0.25, -0.2) is 4.98 Å². The molecule has 0 radical (unpaired) electrons. The number of nitrogens with one attached hydrogen (secondary N) is 2. The van der Waals surface area contributed by atoms with Crippen LogP contribution in [0.5, 0.6) is 0 Å². The molecule has 0 spiro atoms. The number of esters is 1. The molecule has 0 aliphatic carbocycles. The number of aromatic nitrogens is 3. The summed E-state index contributed by atoms with van der Waals surface area (Å²) in [7, 11) is 0. The summed E-state index contributed by atoms with van der Waals surface area (Å²) >= 11 is 0. The van der Waals surface area contributed by atoms with E-state index in [2.05, 4.69) is 21.0 Å². The number of rotatable bonds is 6. The van der Waals surface area contributed by atoms with Gasteiger partial charge < -0.3 is 14.7 Å². The number of para-hydroxylation sites is 2. The van der Waals surface area contributed by atoms with Gasteiger partial charge in [-0.3, -0.25) is 9.59 Å². The van der Waals surface area contributed by atoms with Crippen LogP contribution in [0.2, 0.25) is 0 Å². The molecule has 27 heavy (non-hydrogen) atoms. The van der Waals surface area contributed by atoms with Gasteiger partial charge in [-0.05, 0) is 36.6 Å². The average Bonchev–Trinajstić information content (AvgIpc) is 3.10. The number of benzene rings is 2. The van der Waals surface area contributed by atoms with Crippen molar-refractivity contribution in [3.8, 4) is 0 Å². The molecule has 0 bridgehead atoms. The largest absolute Gasteiger partial charge is 0.458 e. The Morgan fingerprint density at radius 1 is 1.04 bits per heavy atom. The zero-order chi connectivity index (χ0) is 18.6. The van der Waals surface area contributed by atoms with Crippen molar-refractivity contribution in [3.63, 3.8) is 0 Å². The van der Waals surface area contributed by atoms with Crippen LogP contribution in [-0.4, -0.2) is 20.9 Å². The van der Waals surface area contributed by atoms with E-state index in [0.717, 1.165) is 11.9 Å². The van der Waals surface area contributed by atoms with E-state index < -0.39 is 0 Å². The fourth-order valence-electron chi connectivity index (χ4n) is 3.19. The lowest BCUT2D eigenvalue weighted by Crippen LogP contribution is -2.14. The highest BCUT2D eigenvalue weighted by Gasteiger charge is 2.09. The molecule has 0 atom stereocenters. The average molecular weight is 361 g/mol. The van der Waals surface area contributed by atoms with Gasteiger partial charge in [0.15, 0.2) is 0 Å². The fourth-order valence-corrected chi connectivity index (χ4v) is 3.19. The molecular weight excluding hydrogens is 342 g/mol. The minimum Gasteiger partial charge on any atom is -0.458 e. The van der Waals surface area contributed by atoms with Crippen molar-refractivity contribution in [1.29, 1.82) is 0 Å². The number of carbonyl (C=O) groups excluding carboxylic acids is 1. The number of carbonyl (C=O) groups is 1. The summed E-state index contributed by atoms with van der Waals surface area (Å²) in [6.07, 6.45) is 3.80. The maximum absolute atomic E-state index is 12.0. The number of hydrogen-bond acceptors (Lipinski definition) is 4. The summed E-state index contributed by atoms with van der Waals surface area (Å²) in [4.78, 5) is 34.2. The molecule has 0 saturated carbocycles. The van der Waals surface area contributed by atoms with E-state index in [1.54, 1.807) is 18.2 Å².